The largest absolute Gasteiger partial charge is 0.383 e. The topological polar surface area (TPSA) is 87.7 Å². The van der Waals surface area contributed by atoms with Gasteiger partial charge < -0.3 is 19.9 Å². The second-order valence-electron chi connectivity index (χ2n) is 7.11. The van der Waals surface area contributed by atoms with E-state index < -0.39 is 0 Å². The molecular formula is C21H27N5O3. The molecule has 3 rings (SSSR count). The molecule has 2 amide bonds. The Morgan fingerprint density at radius 1 is 1.31 bits per heavy atom. The zero-order valence-corrected chi connectivity index (χ0v) is 17.1. The number of aromatic nitrogens is 2. The first-order valence-corrected chi connectivity index (χ1v) is 9.64. The molecule has 1 aromatic heterocycles. The Hall–Kier alpha value is -3.00. The van der Waals surface area contributed by atoms with E-state index in [0.29, 0.717) is 43.3 Å². The van der Waals surface area contributed by atoms with E-state index in [0.717, 1.165) is 5.69 Å². The lowest BCUT2D eigenvalue weighted by atomic mass is 10.0. The number of ether oxygens (including phenoxy) is 1. The van der Waals surface area contributed by atoms with Crippen molar-refractivity contribution in [2.24, 2.45) is 0 Å². The summed E-state index contributed by atoms with van der Waals surface area (Å²) in [5, 5.41) is 3.05. The van der Waals surface area contributed by atoms with E-state index in [-0.39, 0.29) is 24.3 Å². The minimum Gasteiger partial charge on any atom is -0.383 e. The van der Waals surface area contributed by atoms with Gasteiger partial charge in [-0.25, -0.2) is 9.97 Å². The average molecular weight is 397 g/mol. The fourth-order valence-corrected chi connectivity index (χ4v) is 3.40. The normalized spacial score (nSPS) is 16.2. The SMILES string of the molecule is CNc1cc(C2CC(=O)N(CCOC)C2)nc(CN(C)C(=O)c2ccccc2)n1. The van der Waals surface area contributed by atoms with Crippen LogP contribution < -0.4 is 5.32 Å². The zero-order chi connectivity index (χ0) is 20.8. The van der Waals surface area contributed by atoms with E-state index >= 15 is 0 Å². The van der Waals surface area contributed by atoms with Crippen molar-refractivity contribution in [3.63, 3.8) is 0 Å². The van der Waals surface area contributed by atoms with Crippen LogP contribution in [0.5, 0.6) is 0 Å². The Morgan fingerprint density at radius 3 is 2.76 bits per heavy atom. The van der Waals surface area contributed by atoms with Crippen LogP contribution in [0.15, 0.2) is 36.4 Å². The Bertz CT molecular complexity index is 859. The number of anilines is 1. The van der Waals surface area contributed by atoms with Gasteiger partial charge in [-0.15, -0.1) is 0 Å². The van der Waals surface area contributed by atoms with Gasteiger partial charge in [-0.2, -0.15) is 0 Å². The van der Waals surface area contributed by atoms with Crippen LogP contribution in [0.25, 0.3) is 0 Å². The molecule has 2 heterocycles. The third kappa shape index (κ3) is 5.08. The number of rotatable bonds is 8. The van der Waals surface area contributed by atoms with E-state index in [2.05, 4.69) is 15.3 Å². The number of benzene rings is 1. The second-order valence-corrected chi connectivity index (χ2v) is 7.11. The number of hydrogen-bond acceptors (Lipinski definition) is 6. The van der Waals surface area contributed by atoms with Gasteiger partial charge in [0.2, 0.25) is 5.91 Å². The summed E-state index contributed by atoms with van der Waals surface area (Å²) in [6.07, 6.45) is 0.419. The van der Waals surface area contributed by atoms with Gasteiger partial charge in [-0.3, -0.25) is 9.59 Å². The first-order chi connectivity index (χ1) is 14.0. The molecular weight excluding hydrogens is 370 g/mol. The van der Waals surface area contributed by atoms with E-state index in [4.69, 9.17) is 4.74 Å². The maximum Gasteiger partial charge on any atom is 0.254 e. The van der Waals surface area contributed by atoms with Crippen molar-refractivity contribution in [2.45, 2.75) is 18.9 Å². The molecule has 1 N–H and O–H groups in total. The van der Waals surface area contributed by atoms with Gasteiger partial charge in [0.05, 0.1) is 18.8 Å². The Balaban J connectivity index is 1.75. The van der Waals surface area contributed by atoms with Gasteiger partial charge >= 0.3 is 0 Å². The van der Waals surface area contributed by atoms with Crippen LogP contribution in [-0.4, -0.2) is 72.5 Å². The van der Waals surface area contributed by atoms with Crippen molar-refractivity contribution in [2.75, 3.05) is 46.2 Å². The van der Waals surface area contributed by atoms with Crippen LogP contribution in [0.4, 0.5) is 5.82 Å². The van der Waals surface area contributed by atoms with Crippen molar-refractivity contribution in [3.05, 3.63) is 53.5 Å². The highest BCUT2D eigenvalue weighted by Gasteiger charge is 2.31. The quantitative estimate of drug-likeness (QED) is 0.730. The summed E-state index contributed by atoms with van der Waals surface area (Å²) in [6.45, 7) is 1.99. The number of nitrogens with zero attached hydrogens (tertiary/aromatic N) is 4. The van der Waals surface area contributed by atoms with Crippen LogP contribution in [0.1, 0.15) is 34.2 Å². The maximum absolute atomic E-state index is 12.6. The highest BCUT2D eigenvalue weighted by atomic mass is 16.5. The second kappa shape index (κ2) is 9.47. The van der Waals surface area contributed by atoms with Gasteiger partial charge in [0, 0.05) is 58.3 Å². The van der Waals surface area contributed by atoms with Gasteiger partial charge in [0.25, 0.3) is 5.91 Å². The van der Waals surface area contributed by atoms with Crippen LogP contribution in [0.3, 0.4) is 0 Å². The molecule has 154 valence electrons. The summed E-state index contributed by atoms with van der Waals surface area (Å²) < 4.78 is 5.08. The fraction of sp³-hybridized carbons (Fsp3) is 0.429. The lowest BCUT2D eigenvalue weighted by Gasteiger charge is -2.19. The molecule has 0 spiro atoms. The summed E-state index contributed by atoms with van der Waals surface area (Å²) in [6, 6.07) is 11.0. The highest BCUT2D eigenvalue weighted by molar-refractivity contribution is 5.93. The monoisotopic (exact) mass is 397 g/mol. The summed E-state index contributed by atoms with van der Waals surface area (Å²) in [7, 11) is 5.15. The van der Waals surface area contributed by atoms with E-state index in [1.54, 1.807) is 43.1 Å². The fourth-order valence-electron chi connectivity index (χ4n) is 3.40. The van der Waals surface area contributed by atoms with Crippen molar-refractivity contribution < 1.29 is 14.3 Å². The van der Waals surface area contributed by atoms with Gasteiger partial charge in [-0.1, -0.05) is 18.2 Å². The van der Waals surface area contributed by atoms with E-state index in [1.165, 1.54) is 0 Å². The first-order valence-electron chi connectivity index (χ1n) is 9.64. The van der Waals surface area contributed by atoms with Crippen LogP contribution in [-0.2, 0) is 16.1 Å². The third-order valence-corrected chi connectivity index (χ3v) is 4.99. The summed E-state index contributed by atoms with van der Waals surface area (Å²) in [5.74, 6) is 1.24. The lowest BCUT2D eigenvalue weighted by Crippen LogP contribution is -2.29. The number of amides is 2. The predicted octanol–water partition coefficient (Wildman–Crippen LogP) is 1.75. The number of methoxy groups -OCH3 is 1. The maximum atomic E-state index is 12.6. The van der Waals surface area contributed by atoms with Crippen molar-refractivity contribution in [1.82, 2.24) is 19.8 Å². The third-order valence-electron chi connectivity index (χ3n) is 4.99. The van der Waals surface area contributed by atoms with Crippen molar-refractivity contribution in [3.8, 4) is 0 Å². The molecule has 1 aliphatic rings. The average Bonchev–Trinajstić information content (AvgIpc) is 3.12. The van der Waals surface area contributed by atoms with Crippen molar-refractivity contribution >= 4 is 17.6 Å². The molecule has 1 atom stereocenters. The molecule has 8 nitrogen and oxygen atoms in total. The zero-order valence-electron chi connectivity index (χ0n) is 17.1. The number of hydrogen-bond donors (Lipinski definition) is 1. The Labute approximate surface area is 170 Å². The van der Waals surface area contributed by atoms with E-state index in [9.17, 15) is 9.59 Å². The molecule has 0 saturated carbocycles. The van der Waals surface area contributed by atoms with Crippen molar-refractivity contribution in [1.29, 1.82) is 0 Å². The molecule has 0 aliphatic carbocycles. The lowest BCUT2D eigenvalue weighted by molar-refractivity contribution is -0.128. The molecule has 29 heavy (non-hydrogen) atoms. The first kappa shape index (κ1) is 20.7. The summed E-state index contributed by atoms with van der Waals surface area (Å²) in [4.78, 5) is 37.5. The summed E-state index contributed by atoms with van der Waals surface area (Å²) in [5.41, 5.74) is 1.43. The number of likely N-dealkylation sites (tertiary alicyclic amines) is 1. The van der Waals surface area contributed by atoms with Gasteiger partial charge in [0.1, 0.15) is 11.6 Å². The molecule has 0 bridgehead atoms. The minimum absolute atomic E-state index is 0.00309. The number of carbonyl (C=O) groups is 2. The molecule has 1 aliphatic heterocycles. The minimum atomic E-state index is -0.0904. The Morgan fingerprint density at radius 2 is 2.07 bits per heavy atom. The molecule has 0 radical (unpaired) electrons. The Kier molecular flexibility index (Phi) is 6.77. The van der Waals surface area contributed by atoms with Crippen LogP contribution >= 0.6 is 0 Å². The predicted molar refractivity (Wildman–Crippen MR) is 110 cm³/mol. The highest BCUT2D eigenvalue weighted by Crippen LogP contribution is 2.28. The molecule has 1 unspecified atom stereocenters. The summed E-state index contributed by atoms with van der Waals surface area (Å²) >= 11 is 0. The number of nitrogens with one attached hydrogen (secondary N) is 1. The molecule has 1 fully saturated rings. The molecule has 1 aromatic carbocycles. The van der Waals surface area contributed by atoms with Gasteiger partial charge in [0.15, 0.2) is 0 Å². The molecule has 1 saturated heterocycles. The van der Waals surface area contributed by atoms with E-state index in [1.807, 2.05) is 24.3 Å². The number of carbonyl (C=O) groups excluding carboxylic acids is 2. The standard InChI is InChI=1S/C21H27N5O3/c1-22-18-12-17(16-11-20(27)26(13-16)9-10-29-3)23-19(24-18)14-25(2)21(28)15-7-5-4-6-8-15/h4-8,12,16H,9-11,13-14H2,1-3H3,(H,22,23,24). The molecule has 2 aromatic rings. The van der Waals surface area contributed by atoms with Crippen LogP contribution in [0, 0.1) is 0 Å². The van der Waals surface area contributed by atoms with Gasteiger partial charge in [-0.05, 0) is 12.1 Å². The smallest absolute Gasteiger partial charge is 0.254 e. The molecule has 8 heteroatoms. The van der Waals surface area contributed by atoms with Crippen LogP contribution in [0.2, 0.25) is 0 Å².